The molecule has 1 saturated carbocycles. The number of carbonyl (C=O) groups is 2. The van der Waals surface area contributed by atoms with Crippen LogP contribution in [0.3, 0.4) is 0 Å². The van der Waals surface area contributed by atoms with Crippen molar-refractivity contribution in [3.8, 4) is 0 Å². The molecule has 7 nitrogen and oxygen atoms in total. The zero-order valence-electron chi connectivity index (χ0n) is 16.3. The molecule has 2 atom stereocenters. The first-order valence-electron chi connectivity index (χ1n) is 10.3. The van der Waals surface area contributed by atoms with Crippen molar-refractivity contribution in [2.45, 2.75) is 56.7 Å². The molecule has 154 valence electrons. The molecule has 2 aromatic heterocycles. The fraction of sp³-hybridized carbons (Fsp3) is 0.524. The normalized spacial score (nSPS) is 23.0. The van der Waals surface area contributed by atoms with Crippen LogP contribution in [0.2, 0.25) is 0 Å². The van der Waals surface area contributed by atoms with Crippen LogP contribution in [0.1, 0.15) is 70.9 Å². The fourth-order valence-electron chi connectivity index (χ4n) is 4.43. The SMILES string of the molecule is O=C(N[C@H]1C[C@@H](F)CN(C(=O)c2ccncc2)C1)c1cn[nH]c1C1CCCCC1. The van der Waals surface area contributed by atoms with Crippen molar-refractivity contribution < 1.29 is 14.0 Å². The Morgan fingerprint density at radius 3 is 2.66 bits per heavy atom. The topological polar surface area (TPSA) is 91.0 Å². The molecule has 1 saturated heterocycles. The summed E-state index contributed by atoms with van der Waals surface area (Å²) < 4.78 is 14.3. The van der Waals surface area contributed by atoms with Gasteiger partial charge in [-0.25, -0.2) is 4.39 Å². The van der Waals surface area contributed by atoms with Gasteiger partial charge in [0.25, 0.3) is 11.8 Å². The van der Waals surface area contributed by atoms with Gasteiger partial charge in [0.1, 0.15) is 6.17 Å². The lowest BCUT2D eigenvalue weighted by Crippen LogP contribution is -2.53. The number of hydrogen-bond donors (Lipinski definition) is 2. The number of pyridine rings is 1. The Bertz CT molecular complexity index is 850. The van der Waals surface area contributed by atoms with Gasteiger partial charge in [0.05, 0.1) is 24.0 Å². The summed E-state index contributed by atoms with van der Waals surface area (Å²) in [7, 11) is 0. The summed E-state index contributed by atoms with van der Waals surface area (Å²) in [5, 5.41) is 10.00. The summed E-state index contributed by atoms with van der Waals surface area (Å²) in [6.07, 6.45) is 9.28. The number of piperidine rings is 1. The van der Waals surface area contributed by atoms with Gasteiger partial charge in [-0.1, -0.05) is 19.3 Å². The second-order valence-electron chi connectivity index (χ2n) is 7.98. The number of halogens is 1. The van der Waals surface area contributed by atoms with Gasteiger partial charge in [-0.3, -0.25) is 19.7 Å². The second-order valence-corrected chi connectivity index (χ2v) is 7.98. The Balaban J connectivity index is 1.43. The van der Waals surface area contributed by atoms with Crippen LogP contribution in [-0.2, 0) is 0 Å². The number of hydrogen-bond acceptors (Lipinski definition) is 4. The lowest BCUT2D eigenvalue weighted by atomic mass is 9.85. The Kier molecular flexibility index (Phi) is 5.87. The molecule has 1 aliphatic carbocycles. The van der Waals surface area contributed by atoms with Crippen LogP contribution < -0.4 is 5.32 Å². The van der Waals surface area contributed by atoms with Gasteiger partial charge in [0, 0.05) is 42.9 Å². The van der Waals surface area contributed by atoms with E-state index in [0.717, 1.165) is 31.4 Å². The van der Waals surface area contributed by atoms with Crippen molar-refractivity contribution in [2.24, 2.45) is 0 Å². The molecular formula is C21H26FN5O2. The van der Waals surface area contributed by atoms with Gasteiger partial charge in [-0.15, -0.1) is 0 Å². The third-order valence-electron chi connectivity index (χ3n) is 5.88. The number of amides is 2. The monoisotopic (exact) mass is 399 g/mol. The Labute approximate surface area is 169 Å². The minimum Gasteiger partial charge on any atom is -0.347 e. The molecule has 0 aromatic carbocycles. The van der Waals surface area contributed by atoms with E-state index < -0.39 is 12.2 Å². The maximum absolute atomic E-state index is 14.3. The molecule has 8 heteroatoms. The summed E-state index contributed by atoms with van der Waals surface area (Å²) in [5.41, 5.74) is 1.87. The zero-order chi connectivity index (χ0) is 20.2. The van der Waals surface area contributed by atoms with Gasteiger partial charge in [0.15, 0.2) is 0 Å². The maximum Gasteiger partial charge on any atom is 0.255 e. The molecule has 2 amide bonds. The number of aromatic nitrogens is 3. The van der Waals surface area contributed by atoms with Gasteiger partial charge in [0.2, 0.25) is 0 Å². The number of carbonyl (C=O) groups excluding carboxylic acids is 2. The molecule has 2 fully saturated rings. The van der Waals surface area contributed by atoms with E-state index in [2.05, 4.69) is 20.5 Å². The van der Waals surface area contributed by atoms with E-state index in [1.54, 1.807) is 18.3 Å². The number of likely N-dealkylation sites (tertiary alicyclic amines) is 1. The van der Waals surface area contributed by atoms with E-state index in [1.165, 1.54) is 23.7 Å². The van der Waals surface area contributed by atoms with Crippen molar-refractivity contribution >= 4 is 11.8 Å². The van der Waals surface area contributed by atoms with E-state index in [0.29, 0.717) is 17.0 Å². The van der Waals surface area contributed by atoms with Crippen LogP contribution in [0, 0.1) is 0 Å². The molecule has 0 unspecified atom stereocenters. The number of alkyl halides is 1. The highest BCUT2D eigenvalue weighted by molar-refractivity contribution is 5.96. The third-order valence-corrected chi connectivity index (χ3v) is 5.88. The molecule has 0 radical (unpaired) electrons. The smallest absolute Gasteiger partial charge is 0.255 e. The molecule has 29 heavy (non-hydrogen) atoms. The fourth-order valence-corrected chi connectivity index (χ4v) is 4.43. The molecule has 1 aliphatic heterocycles. The standard InChI is InChI=1S/C21H26FN5O2/c22-16-10-17(13-27(12-16)21(29)15-6-8-23-9-7-15)25-20(28)18-11-24-26-19(18)14-4-2-1-3-5-14/h6-9,11,14,16-17H,1-5,10,12-13H2,(H,24,26)(H,25,28)/t16-,17+/m1/s1. The van der Waals surface area contributed by atoms with Crippen molar-refractivity contribution in [1.29, 1.82) is 0 Å². The van der Waals surface area contributed by atoms with Gasteiger partial charge < -0.3 is 10.2 Å². The molecule has 4 rings (SSSR count). The minimum atomic E-state index is -1.18. The van der Waals surface area contributed by atoms with Crippen LogP contribution in [0.5, 0.6) is 0 Å². The van der Waals surface area contributed by atoms with E-state index in [4.69, 9.17) is 0 Å². The largest absolute Gasteiger partial charge is 0.347 e. The van der Waals surface area contributed by atoms with Crippen LogP contribution >= 0.6 is 0 Å². The lowest BCUT2D eigenvalue weighted by molar-refractivity contribution is 0.0561. The highest BCUT2D eigenvalue weighted by Crippen LogP contribution is 2.33. The first-order chi connectivity index (χ1) is 14.1. The van der Waals surface area contributed by atoms with Crippen LogP contribution in [0.4, 0.5) is 4.39 Å². The van der Waals surface area contributed by atoms with E-state index in [9.17, 15) is 14.0 Å². The summed E-state index contributed by atoms with van der Waals surface area (Å²) >= 11 is 0. The first-order valence-corrected chi connectivity index (χ1v) is 10.3. The van der Waals surface area contributed by atoms with Crippen molar-refractivity contribution in [2.75, 3.05) is 13.1 Å². The Morgan fingerprint density at radius 1 is 1.14 bits per heavy atom. The molecule has 2 aliphatic rings. The summed E-state index contributed by atoms with van der Waals surface area (Å²) in [6, 6.07) is 2.78. The lowest BCUT2D eigenvalue weighted by Gasteiger charge is -2.35. The third kappa shape index (κ3) is 4.46. The first kappa shape index (κ1) is 19.5. The molecule has 3 heterocycles. The van der Waals surface area contributed by atoms with Gasteiger partial charge >= 0.3 is 0 Å². The molecular weight excluding hydrogens is 373 g/mol. The predicted octanol–water partition coefficient (Wildman–Crippen LogP) is 2.84. The van der Waals surface area contributed by atoms with E-state index in [1.807, 2.05) is 0 Å². The van der Waals surface area contributed by atoms with Crippen LogP contribution in [0.25, 0.3) is 0 Å². The maximum atomic E-state index is 14.3. The van der Waals surface area contributed by atoms with Crippen molar-refractivity contribution in [3.05, 3.63) is 47.5 Å². The summed E-state index contributed by atoms with van der Waals surface area (Å²) in [5.74, 6) is -0.188. The molecule has 0 spiro atoms. The summed E-state index contributed by atoms with van der Waals surface area (Å²) in [6.45, 7) is 0.316. The number of nitrogens with one attached hydrogen (secondary N) is 2. The number of H-pyrrole nitrogens is 1. The highest BCUT2D eigenvalue weighted by atomic mass is 19.1. The quantitative estimate of drug-likeness (QED) is 0.827. The Morgan fingerprint density at radius 2 is 1.90 bits per heavy atom. The second kappa shape index (κ2) is 8.71. The average Bonchev–Trinajstić information content (AvgIpc) is 3.24. The number of nitrogens with zero attached hydrogens (tertiary/aromatic N) is 3. The zero-order valence-corrected chi connectivity index (χ0v) is 16.3. The highest BCUT2D eigenvalue weighted by Gasteiger charge is 2.32. The Hall–Kier alpha value is -2.77. The molecule has 2 N–H and O–H groups in total. The number of rotatable bonds is 4. The van der Waals surface area contributed by atoms with Gasteiger partial charge in [-0.2, -0.15) is 5.10 Å². The van der Waals surface area contributed by atoms with E-state index in [-0.39, 0.29) is 31.3 Å². The predicted molar refractivity (Wildman–Crippen MR) is 105 cm³/mol. The molecule has 0 bridgehead atoms. The minimum absolute atomic E-state index is 0.0343. The van der Waals surface area contributed by atoms with Crippen molar-refractivity contribution in [3.63, 3.8) is 0 Å². The van der Waals surface area contributed by atoms with Crippen LogP contribution in [0.15, 0.2) is 30.7 Å². The average molecular weight is 399 g/mol. The van der Waals surface area contributed by atoms with Crippen molar-refractivity contribution in [1.82, 2.24) is 25.4 Å². The molecule has 2 aromatic rings. The number of aromatic amines is 1. The van der Waals surface area contributed by atoms with E-state index >= 15 is 0 Å². The van der Waals surface area contributed by atoms with Crippen LogP contribution in [-0.4, -0.2) is 57.2 Å². The van der Waals surface area contributed by atoms with Gasteiger partial charge in [-0.05, 0) is 25.0 Å². The summed E-state index contributed by atoms with van der Waals surface area (Å²) in [4.78, 5) is 30.9.